The summed E-state index contributed by atoms with van der Waals surface area (Å²) in [5, 5.41) is 20.1. The lowest BCUT2D eigenvalue weighted by molar-refractivity contribution is -0.125. The molecule has 0 radical (unpaired) electrons. The molecule has 2 atom stereocenters. The normalized spacial score (nSPS) is 16.7. The predicted octanol–water partition coefficient (Wildman–Crippen LogP) is 4.90. The minimum Gasteiger partial charge on any atom is -0.350 e. The summed E-state index contributed by atoms with van der Waals surface area (Å²) in [6.45, 7) is 11.2. The number of aryl methyl sites for hydroxylation is 1. The van der Waals surface area contributed by atoms with Crippen molar-refractivity contribution in [3.8, 4) is 6.07 Å². The molecule has 0 saturated heterocycles. The van der Waals surface area contributed by atoms with Gasteiger partial charge in [-0.1, -0.05) is 63.6 Å². The zero-order valence-electron chi connectivity index (χ0n) is 21.5. The number of carbonyl (C=O) groups is 2. The molecule has 0 fully saturated rings. The van der Waals surface area contributed by atoms with Crippen LogP contribution in [0.4, 0.5) is 0 Å². The molecule has 1 heterocycles. The number of aromatic nitrogens is 2. The van der Waals surface area contributed by atoms with Gasteiger partial charge in [0, 0.05) is 24.9 Å². The number of hydrogen-bond acceptors (Lipinski definition) is 4. The lowest BCUT2D eigenvalue weighted by atomic mass is 9.85. The fraction of sp³-hybridized carbons (Fsp3) is 0.500. The molecule has 0 spiro atoms. The molecule has 7 nitrogen and oxygen atoms in total. The summed E-state index contributed by atoms with van der Waals surface area (Å²) in [5.74, 6) is -0.0535. The molecule has 2 amide bonds. The number of rotatable bonds is 9. The highest BCUT2D eigenvalue weighted by atomic mass is 16.2. The maximum atomic E-state index is 13.4. The van der Waals surface area contributed by atoms with Crippen LogP contribution in [0.1, 0.15) is 70.8 Å². The lowest BCUT2D eigenvalue weighted by Crippen LogP contribution is -2.54. The number of amides is 2. The van der Waals surface area contributed by atoms with Gasteiger partial charge in [0.15, 0.2) is 5.69 Å². The van der Waals surface area contributed by atoms with Gasteiger partial charge in [0.25, 0.3) is 5.91 Å². The van der Waals surface area contributed by atoms with E-state index in [0.717, 1.165) is 35.7 Å². The van der Waals surface area contributed by atoms with E-state index in [2.05, 4.69) is 47.8 Å². The first-order valence-electron chi connectivity index (χ1n) is 12.4. The smallest absolute Gasteiger partial charge is 0.273 e. The molecule has 0 aliphatic heterocycles. The summed E-state index contributed by atoms with van der Waals surface area (Å²) >= 11 is 0. The largest absolute Gasteiger partial charge is 0.350 e. The Morgan fingerprint density at radius 3 is 2.69 bits per heavy atom. The zero-order chi connectivity index (χ0) is 25.6. The minimum atomic E-state index is -0.720. The number of fused-ring (bicyclic) bond motifs is 1. The summed E-state index contributed by atoms with van der Waals surface area (Å²) < 4.78 is 1.82. The third-order valence-electron chi connectivity index (χ3n) is 6.58. The standard InChI is InChI=1S/C28H37N5O2/c1-19-13-14-21(17-20(19)2)18-30-27(35)25(28(3,4)5)31-26(34)24-22-11-7-8-12-23(22)33(32-24)16-10-6-9-15-29/h7-8,11-12,14,17,19,25H,6,9-10,13,16,18H2,1-5H3,(H,30,35)(H,31,34)/t19-,25?/m0/s1. The van der Waals surface area contributed by atoms with Crippen molar-refractivity contribution >= 4 is 22.7 Å². The Hall–Kier alpha value is -3.40. The molecular formula is C28H37N5O2. The monoisotopic (exact) mass is 475 g/mol. The fourth-order valence-electron chi connectivity index (χ4n) is 4.23. The number of nitriles is 1. The van der Waals surface area contributed by atoms with Crippen molar-refractivity contribution in [2.24, 2.45) is 11.3 Å². The number of hydrogen-bond donors (Lipinski definition) is 2. The van der Waals surface area contributed by atoms with Gasteiger partial charge in [-0.05, 0) is 49.2 Å². The second-order valence-electron chi connectivity index (χ2n) is 10.5. The van der Waals surface area contributed by atoms with Crippen LogP contribution in [0, 0.1) is 22.7 Å². The Morgan fingerprint density at radius 2 is 2.00 bits per heavy atom. The van der Waals surface area contributed by atoms with E-state index < -0.39 is 11.5 Å². The van der Waals surface area contributed by atoms with Gasteiger partial charge in [-0.25, -0.2) is 0 Å². The molecular weight excluding hydrogens is 438 g/mol. The van der Waals surface area contributed by atoms with E-state index in [9.17, 15) is 9.59 Å². The second kappa shape index (κ2) is 11.4. The van der Waals surface area contributed by atoms with Crippen molar-refractivity contribution in [1.82, 2.24) is 20.4 Å². The molecule has 1 aliphatic carbocycles. The van der Waals surface area contributed by atoms with Crippen molar-refractivity contribution in [1.29, 1.82) is 5.26 Å². The van der Waals surface area contributed by atoms with Gasteiger partial charge < -0.3 is 10.6 Å². The van der Waals surface area contributed by atoms with Crippen molar-refractivity contribution < 1.29 is 9.59 Å². The topological polar surface area (TPSA) is 99.8 Å². The molecule has 2 N–H and O–H groups in total. The minimum absolute atomic E-state index is 0.211. The van der Waals surface area contributed by atoms with Crippen molar-refractivity contribution in [3.63, 3.8) is 0 Å². The van der Waals surface area contributed by atoms with E-state index in [-0.39, 0.29) is 11.8 Å². The summed E-state index contributed by atoms with van der Waals surface area (Å²) in [7, 11) is 0. The van der Waals surface area contributed by atoms with Crippen molar-refractivity contribution in [2.45, 2.75) is 72.9 Å². The third-order valence-corrected chi connectivity index (χ3v) is 6.58. The maximum absolute atomic E-state index is 13.4. The molecule has 2 aromatic rings. The van der Waals surface area contributed by atoms with Gasteiger partial charge in [0.1, 0.15) is 6.04 Å². The molecule has 0 saturated carbocycles. The summed E-state index contributed by atoms with van der Waals surface area (Å²) in [6, 6.07) is 9.04. The van der Waals surface area contributed by atoms with Crippen LogP contribution in [0.3, 0.4) is 0 Å². The van der Waals surface area contributed by atoms with Gasteiger partial charge in [-0.3, -0.25) is 14.3 Å². The molecule has 3 rings (SSSR count). The highest BCUT2D eigenvalue weighted by Gasteiger charge is 2.34. The van der Waals surface area contributed by atoms with Crippen LogP contribution in [0.2, 0.25) is 0 Å². The van der Waals surface area contributed by atoms with E-state index in [0.29, 0.717) is 31.1 Å². The fourth-order valence-corrected chi connectivity index (χ4v) is 4.23. The lowest BCUT2D eigenvalue weighted by Gasteiger charge is -2.30. The quantitative estimate of drug-likeness (QED) is 0.504. The van der Waals surface area contributed by atoms with Gasteiger partial charge >= 0.3 is 0 Å². The Labute approximate surface area is 208 Å². The SMILES string of the molecule is CC1=CC(CNC(=O)C(NC(=O)c2nn(CCCCC#N)c3ccccc23)C(C)(C)C)=CC[C@@H]1C. The number of benzene rings is 1. The Morgan fingerprint density at radius 1 is 1.26 bits per heavy atom. The van der Waals surface area contributed by atoms with Crippen LogP contribution in [0.5, 0.6) is 0 Å². The Bertz CT molecular complexity index is 1180. The van der Waals surface area contributed by atoms with Gasteiger partial charge in [-0.15, -0.1) is 0 Å². The molecule has 1 aromatic carbocycles. The van der Waals surface area contributed by atoms with E-state index in [1.165, 1.54) is 5.57 Å². The summed E-state index contributed by atoms with van der Waals surface area (Å²) in [6.07, 6.45) is 7.35. The average molecular weight is 476 g/mol. The zero-order valence-corrected chi connectivity index (χ0v) is 21.5. The summed E-state index contributed by atoms with van der Waals surface area (Å²) in [5.41, 5.74) is 3.09. The van der Waals surface area contributed by atoms with E-state index in [1.54, 1.807) is 0 Å². The number of carbonyl (C=O) groups excluding carboxylic acids is 2. The van der Waals surface area contributed by atoms with Gasteiger partial charge in [0.2, 0.25) is 5.91 Å². The molecule has 7 heteroatoms. The van der Waals surface area contributed by atoms with E-state index in [4.69, 9.17) is 5.26 Å². The molecule has 186 valence electrons. The maximum Gasteiger partial charge on any atom is 0.273 e. The summed E-state index contributed by atoms with van der Waals surface area (Å²) in [4.78, 5) is 26.6. The molecule has 35 heavy (non-hydrogen) atoms. The highest BCUT2D eigenvalue weighted by Crippen LogP contribution is 2.24. The van der Waals surface area contributed by atoms with Crippen LogP contribution < -0.4 is 10.6 Å². The van der Waals surface area contributed by atoms with Crippen LogP contribution in [-0.2, 0) is 11.3 Å². The van der Waals surface area contributed by atoms with Crippen LogP contribution in [0.25, 0.3) is 10.9 Å². The predicted molar refractivity (Wildman–Crippen MR) is 139 cm³/mol. The number of unbranched alkanes of at least 4 members (excludes halogenated alkanes) is 2. The third kappa shape index (κ3) is 6.60. The van der Waals surface area contributed by atoms with Crippen molar-refractivity contribution in [2.75, 3.05) is 6.54 Å². The van der Waals surface area contributed by atoms with Crippen LogP contribution in [-0.4, -0.2) is 34.2 Å². The Kier molecular flexibility index (Phi) is 8.50. The molecule has 0 bridgehead atoms. The molecule has 1 unspecified atom stereocenters. The number of allylic oxidation sites excluding steroid dienone is 2. The average Bonchev–Trinajstić information content (AvgIpc) is 3.19. The highest BCUT2D eigenvalue weighted by molar-refractivity contribution is 6.06. The molecule has 1 aromatic heterocycles. The van der Waals surface area contributed by atoms with Crippen LogP contribution >= 0.6 is 0 Å². The van der Waals surface area contributed by atoms with E-state index >= 15 is 0 Å². The first-order chi connectivity index (χ1) is 16.6. The number of nitrogens with one attached hydrogen (secondary N) is 2. The second-order valence-corrected chi connectivity index (χ2v) is 10.5. The first-order valence-corrected chi connectivity index (χ1v) is 12.4. The number of para-hydroxylation sites is 1. The molecule has 1 aliphatic rings. The Balaban J connectivity index is 1.75. The van der Waals surface area contributed by atoms with Gasteiger partial charge in [0.05, 0.1) is 11.6 Å². The number of nitrogens with zero attached hydrogens (tertiary/aromatic N) is 3. The van der Waals surface area contributed by atoms with Gasteiger partial charge in [-0.2, -0.15) is 10.4 Å². The first kappa shape index (κ1) is 26.2. The van der Waals surface area contributed by atoms with E-state index in [1.807, 2.05) is 49.7 Å². The van der Waals surface area contributed by atoms with Crippen LogP contribution in [0.15, 0.2) is 47.6 Å². The van der Waals surface area contributed by atoms with Crippen molar-refractivity contribution in [3.05, 3.63) is 53.3 Å².